The summed E-state index contributed by atoms with van der Waals surface area (Å²) in [6.07, 6.45) is 1.19. The van der Waals surface area contributed by atoms with Crippen LogP contribution < -0.4 is 14.2 Å². The Morgan fingerprint density at radius 1 is 1.12 bits per heavy atom. The van der Waals surface area contributed by atoms with Crippen molar-refractivity contribution in [2.24, 2.45) is 0 Å². The van der Waals surface area contributed by atoms with Crippen LogP contribution in [0.5, 0.6) is 11.5 Å². The van der Waals surface area contributed by atoms with E-state index in [1.54, 1.807) is 18.2 Å². The van der Waals surface area contributed by atoms with Gasteiger partial charge in [-0.15, -0.1) is 0 Å². The Kier molecular flexibility index (Phi) is 3.36. The molecule has 1 N–H and O–H groups in total. The third kappa shape index (κ3) is 2.36. The summed E-state index contributed by atoms with van der Waals surface area (Å²) in [5, 5.41) is 8.97. The topological polar surface area (TPSA) is 88.4 Å². The summed E-state index contributed by atoms with van der Waals surface area (Å²) >= 11 is 0. The van der Waals surface area contributed by atoms with Crippen LogP contribution in [0.3, 0.4) is 0 Å². The van der Waals surface area contributed by atoms with Gasteiger partial charge in [-0.05, 0) is 24.3 Å². The van der Waals surface area contributed by atoms with Gasteiger partial charge in [0.25, 0.3) is 10.0 Å². The molecule has 4 rings (SSSR count). The summed E-state index contributed by atoms with van der Waals surface area (Å²) in [7, 11) is -3.85. The standard InChI is InChI=1S/C17H14N2O4S/c18-10-11-2-1-3-13(8-11)19-24(20,21)17-14-5-7-22-15(14)9-12-4-6-23-16(12)17/h1-3,8-9,19H,4-7H2. The first-order valence-corrected chi connectivity index (χ1v) is 9.04. The number of benzene rings is 2. The minimum absolute atomic E-state index is 0.160. The summed E-state index contributed by atoms with van der Waals surface area (Å²) in [6, 6.07) is 10.2. The van der Waals surface area contributed by atoms with E-state index in [0.717, 1.165) is 5.56 Å². The fourth-order valence-electron chi connectivity index (χ4n) is 3.08. The second kappa shape index (κ2) is 5.42. The number of ether oxygens (including phenoxy) is 2. The van der Waals surface area contributed by atoms with Crippen molar-refractivity contribution in [3.63, 3.8) is 0 Å². The maximum atomic E-state index is 13.0. The lowest BCUT2D eigenvalue weighted by atomic mass is 10.1. The van der Waals surface area contributed by atoms with E-state index in [2.05, 4.69) is 4.72 Å². The maximum Gasteiger partial charge on any atom is 0.266 e. The van der Waals surface area contributed by atoms with Gasteiger partial charge >= 0.3 is 0 Å². The summed E-state index contributed by atoms with van der Waals surface area (Å²) in [4.78, 5) is 0.160. The molecule has 0 fully saturated rings. The number of nitrogens with zero attached hydrogens (tertiary/aromatic N) is 1. The fraction of sp³-hybridized carbons (Fsp3) is 0.235. The minimum Gasteiger partial charge on any atom is -0.493 e. The third-order valence-electron chi connectivity index (χ3n) is 4.11. The molecule has 0 unspecified atom stereocenters. The zero-order valence-electron chi connectivity index (χ0n) is 12.7. The molecule has 7 heteroatoms. The molecule has 2 aromatic rings. The van der Waals surface area contributed by atoms with Crippen LogP contribution in [0, 0.1) is 11.3 Å². The molecule has 0 atom stereocenters. The summed E-state index contributed by atoms with van der Waals surface area (Å²) < 4.78 is 39.7. The van der Waals surface area contributed by atoms with Crippen molar-refractivity contribution < 1.29 is 17.9 Å². The average molecular weight is 342 g/mol. The van der Waals surface area contributed by atoms with Gasteiger partial charge in [-0.1, -0.05) is 6.07 Å². The van der Waals surface area contributed by atoms with Crippen LogP contribution in [0.1, 0.15) is 16.7 Å². The summed E-state index contributed by atoms with van der Waals surface area (Å²) in [5.74, 6) is 1.04. The molecule has 0 saturated carbocycles. The first-order chi connectivity index (χ1) is 11.6. The van der Waals surface area contributed by atoms with Gasteiger partial charge in [-0.3, -0.25) is 4.72 Å². The Hall–Kier alpha value is -2.72. The first kappa shape index (κ1) is 14.8. The van der Waals surface area contributed by atoms with Crippen molar-refractivity contribution in [3.8, 4) is 17.6 Å². The number of fused-ring (bicyclic) bond motifs is 2. The number of hydrogen-bond donors (Lipinski definition) is 1. The lowest BCUT2D eigenvalue weighted by Gasteiger charge is -2.15. The number of nitriles is 1. The number of sulfonamides is 1. The predicted octanol–water partition coefficient (Wildman–Crippen LogP) is 2.23. The van der Waals surface area contributed by atoms with E-state index >= 15 is 0 Å². The van der Waals surface area contributed by atoms with Gasteiger partial charge < -0.3 is 9.47 Å². The Morgan fingerprint density at radius 2 is 1.96 bits per heavy atom. The van der Waals surface area contributed by atoms with Gasteiger partial charge in [0.1, 0.15) is 16.4 Å². The molecule has 0 radical (unpaired) electrons. The second-order valence-electron chi connectivity index (χ2n) is 5.67. The Bertz CT molecular complexity index is 945. The Morgan fingerprint density at radius 3 is 2.79 bits per heavy atom. The highest BCUT2D eigenvalue weighted by atomic mass is 32.2. The van der Waals surface area contributed by atoms with Crippen LogP contribution in [-0.4, -0.2) is 21.6 Å². The lowest BCUT2D eigenvalue weighted by molar-refractivity contribution is 0.348. The molecular formula is C17H14N2O4S. The smallest absolute Gasteiger partial charge is 0.266 e. The van der Waals surface area contributed by atoms with E-state index < -0.39 is 10.0 Å². The molecule has 0 spiro atoms. The number of anilines is 1. The molecular weight excluding hydrogens is 328 g/mol. The summed E-state index contributed by atoms with van der Waals surface area (Å²) in [5.41, 5.74) is 2.23. The quantitative estimate of drug-likeness (QED) is 0.924. The molecule has 2 heterocycles. The van der Waals surface area contributed by atoms with Gasteiger partial charge in [-0.2, -0.15) is 5.26 Å². The van der Waals surface area contributed by atoms with Crippen molar-refractivity contribution in [2.75, 3.05) is 17.9 Å². The van der Waals surface area contributed by atoms with Crippen LogP contribution in [0.2, 0.25) is 0 Å². The molecule has 2 aromatic carbocycles. The van der Waals surface area contributed by atoms with E-state index in [9.17, 15) is 8.42 Å². The van der Waals surface area contributed by atoms with Crippen LogP contribution >= 0.6 is 0 Å². The van der Waals surface area contributed by atoms with Crippen molar-refractivity contribution in [3.05, 3.63) is 47.0 Å². The highest BCUT2D eigenvalue weighted by Gasteiger charge is 2.33. The van der Waals surface area contributed by atoms with Crippen molar-refractivity contribution in [2.45, 2.75) is 17.7 Å². The third-order valence-corrected chi connectivity index (χ3v) is 5.59. The summed E-state index contributed by atoms with van der Waals surface area (Å²) in [6.45, 7) is 0.926. The normalized spacial score (nSPS) is 15.0. The van der Waals surface area contributed by atoms with Gasteiger partial charge in [-0.25, -0.2) is 8.42 Å². The molecule has 2 aliphatic rings. The number of nitrogens with one attached hydrogen (secondary N) is 1. The maximum absolute atomic E-state index is 13.0. The Balaban J connectivity index is 1.82. The van der Waals surface area contributed by atoms with E-state index in [4.69, 9.17) is 14.7 Å². The molecule has 0 aromatic heterocycles. The van der Waals surface area contributed by atoms with Crippen LogP contribution in [-0.2, 0) is 22.9 Å². The van der Waals surface area contributed by atoms with E-state index in [0.29, 0.717) is 54.4 Å². The lowest BCUT2D eigenvalue weighted by Crippen LogP contribution is -2.16. The second-order valence-corrected chi connectivity index (χ2v) is 7.28. The largest absolute Gasteiger partial charge is 0.493 e. The van der Waals surface area contributed by atoms with Gasteiger partial charge in [0.15, 0.2) is 0 Å². The minimum atomic E-state index is -3.85. The number of rotatable bonds is 3. The van der Waals surface area contributed by atoms with Crippen molar-refractivity contribution in [1.82, 2.24) is 0 Å². The molecule has 0 saturated heterocycles. The van der Waals surface area contributed by atoms with Gasteiger partial charge in [0, 0.05) is 24.0 Å². The van der Waals surface area contributed by atoms with Gasteiger partial charge in [0.05, 0.1) is 30.5 Å². The van der Waals surface area contributed by atoms with Crippen LogP contribution in [0.4, 0.5) is 5.69 Å². The van der Waals surface area contributed by atoms with E-state index in [1.807, 2.05) is 12.1 Å². The van der Waals surface area contributed by atoms with Crippen molar-refractivity contribution >= 4 is 15.7 Å². The molecule has 122 valence electrons. The molecule has 0 bridgehead atoms. The molecule has 2 aliphatic heterocycles. The monoisotopic (exact) mass is 342 g/mol. The highest BCUT2D eigenvalue weighted by molar-refractivity contribution is 7.92. The molecule has 0 amide bonds. The first-order valence-electron chi connectivity index (χ1n) is 7.56. The Labute approximate surface area is 139 Å². The zero-order chi connectivity index (χ0) is 16.7. The molecule has 0 aliphatic carbocycles. The van der Waals surface area contributed by atoms with Crippen LogP contribution in [0.15, 0.2) is 35.2 Å². The molecule has 6 nitrogen and oxygen atoms in total. The van der Waals surface area contributed by atoms with Gasteiger partial charge in [0.2, 0.25) is 0 Å². The fourth-order valence-corrected chi connectivity index (χ4v) is 4.58. The van der Waals surface area contributed by atoms with E-state index in [1.165, 1.54) is 6.07 Å². The average Bonchev–Trinajstić information content (AvgIpc) is 3.20. The number of hydrogen-bond acceptors (Lipinski definition) is 5. The zero-order valence-corrected chi connectivity index (χ0v) is 13.5. The van der Waals surface area contributed by atoms with Crippen molar-refractivity contribution in [1.29, 1.82) is 5.26 Å². The SMILES string of the molecule is N#Cc1cccc(NS(=O)(=O)c2c3c(cc4c2OCC4)OCC3)c1. The molecule has 24 heavy (non-hydrogen) atoms. The van der Waals surface area contributed by atoms with Crippen LogP contribution in [0.25, 0.3) is 0 Å². The highest BCUT2D eigenvalue weighted by Crippen LogP contribution is 2.43. The predicted molar refractivity (Wildman–Crippen MR) is 86.8 cm³/mol. The van der Waals surface area contributed by atoms with E-state index in [-0.39, 0.29) is 4.90 Å².